The molecule has 6 heteroatoms. The highest BCUT2D eigenvalue weighted by Crippen LogP contribution is 2.18. The van der Waals surface area contributed by atoms with E-state index in [1.807, 2.05) is 0 Å². The minimum Gasteiger partial charge on any atom is -0.462 e. The lowest BCUT2D eigenvalue weighted by Crippen LogP contribution is -2.30. The lowest BCUT2D eigenvalue weighted by atomic mass is 10.0. The first-order valence-corrected chi connectivity index (χ1v) is 33.9. The SMILES string of the molecule is CC/C=C\C/C=C\C/C=C\C/C=C\C/C=C\C/C=C\CCCCCCCCCCCCC(=O)OCC(COC(=O)CCCCCCCCCCCCCC)OC(=O)CCCCCCCCCCCCCCCCCCCCC. The van der Waals surface area contributed by atoms with E-state index in [2.05, 4.69) is 93.7 Å². The Morgan fingerprint density at radius 1 is 0.269 bits per heavy atom. The summed E-state index contributed by atoms with van der Waals surface area (Å²) in [6, 6.07) is 0. The molecule has 0 aromatic carbocycles. The van der Waals surface area contributed by atoms with Crippen LogP contribution in [-0.4, -0.2) is 37.2 Å². The third-order valence-corrected chi connectivity index (χ3v) is 15.0. The van der Waals surface area contributed by atoms with Crippen LogP contribution >= 0.6 is 0 Å². The van der Waals surface area contributed by atoms with Crippen molar-refractivity contribution in [1.82, 2.24) is 0 Å². The van der Waals surface area contributed by atoms with Gasteiger partial charge in [-0.25, -0.2) is 0 Å². The van der Waals surface area contributed by atoms with E-state index in [1.165, 1.54) is 212 Å². The Balaban J connectivity index is 4.24. The minimum atomic E-state index is -0.774. The summed E-state index contributed by atoms with van der Waals surface area (Å²) in [7, 11) is 0. The predicted octanol–water partition coefficient (Wildman–Crippen LogP) is 23.3. The highest BCUT2D eigenvalue weighted by molar-refractivity contribution is 5.71. The van der Waals surface area contributed by atoms with Crippen LogP contribution in [0.25, 0.3) is 0 Å². The Labute approximate surface area is 484 Å². The fourth-order valence-electron chi connectivity index (χ4n) is 9.92. The number of allylic oxidation sites excluding steroid dienone is 12. The van der Waals surface area contributed by atoms with Crippen LogP contribution in [0.15, 0.2) is 72.9 Å². The van der Waals surface area contributed by atoms with Crippen molar-refractivity contribution in [2.75, 3.05) is 13.2 Å². The van der Waals surface area contributed by atoms with Crippen LogP contribution in [0, 0.1) is 0 Å². The molecule has 0 aromatic heterocycles. The van der Waals surface area contributed by atoms with Crippen LogP contribution in [-0.2, 0) is 28.6 Å². The van der Waals surface area contributed by atoms with Gasteiger partial charge in [-0.2, -0.15) is 0 Å². The number of ether oxygens (including phenoxy) is 3. The van der Waals surface area contributed by atoms with Crippen molar-refractivity contribution in [1.29, 1.82) is 0 Å². The van der Waals surface area contributed by atoms with Crippen molar-refractivity contribution in [2.45, 2.75) is 354 Å². The van der Waals surface area contributed by atoms with Crippen LogP contribution in [0.1, 0.15) is 348 Å². The monoisotopic (exact) mass is 1090 g/mol. The number of hydrogen-bond acceptors (Lipinski definition) is 6. The number of carbonyl (C=O) groups excluding carboxylic acids is 3. The highest BCUT2D eigenvalue weighted by Gasteiger charge is 2.19. The smallest absolute Gasteiger partial charge is 0.306 e. The highest BCUT2D eigenvalue weighted by atomic mass is 16.6. The van der Waals surface area contributed by atoms with E-state index in [0.717, 1.165) is 96.3 Å². The summed E-state index contributed by atoms with van der Waals surface area (Å²) in [6.07, 6.45) is 86.3. The first kappa shape index (κ1) is 74.8. The van der Waals surface area contributed by atoms with Gasteiger partial charge < -0.3 is 14.2 Å². The maximum atomic E-state index is 12.9. The number of hydrogen-bond donors (Lipinski definition) is 0. The summed E-state index contributed by atoms with van der Waals surface area (Å²) >= 11 is 0. The Hall–Kier alpha value is -3.15. The average molecular weight is 1090 g/mol. The zero-order chi connectivity index (χ0) is 56.4. The quantitative estimate of drug-likeness (QED) is 0.0261. The molecule has 452 valence electrons. The number of esters is 3. The van der Waals surface area contributed by atoms with Crippen LogP contribution in [0.2, 0.25) is 0 Å². The van der Waals surface area contributed by atoms with E-state index in [9.17, 15) is 14.4 Å². The maximum absolute atomic E-state index is 12.9. The summed E-state index contributed by atoms with van der Waals surface area (Å²) in [5, 5.41) is 0. The Morgan fingerprint density at radius 2 is 0.500 bits per heavy atom. The second kappa shape index (κ2) is 66.4. The molecule has 0 saturated heterocycles. The molecule has 0 rings (SSSR count). The van der Waals surface area contributed by atoms with Crippen molar-refractivity contribution in [3.05, 3.63) is 72.9 Å². The molecule has 0 aliphatic carbocycles. The average Bonchev–Trinajstić information content (AvgIpc) is 3.44. The van der Waals surface area contributed by atoms with Crippen molar-refractivity contribution >= 4 is 17.9 Å². The van der Waals surface area contributed by atoms with Gasteiger partial charge in [-0.3, -0.25) is 14.4 Å². The molecule has 0 fully saturated rings. The molecule has 6 nitrogen and oxygen atoms in total. The number of carbonyl (C=O) groups is 3. The molecule has 78 heavy (non-hydrogen) atoms. The molecule has 0 aliphatic rings. The molecule has 0 amide bonds. The minimum absolute atomic E-state index is 0.0707. The summed E-state index contributed by atoms with van der Waals surface area (Å²) < 4.78 is 17.0. The van der Waals surface area contributed by atoms with E-state index in [1.54, 1.807) is 0 Å². The molecular formula is C72H128O6. The van der Waals surface area contributed by atoms with Crippen LogP contribution in [0.3, 0.4) is 0 Å². The van der Waals surface area contributed by atoms with Gasteiger partial charge in [-0.05, 0) is 70.6 Å². The number of rotatable bonds is 62. The van der Waals surface area contributed by atoms with E-state index in [-0.39, 0.29) is 31.1 Å². The first-order chi connectivity index (χ1) is 38.5. The normalized spacial score (nSPS) is 12.5. The first-order valence-electron chi connectivity index (χ1n) is 33.9. The van der Waals surface area contributed by atoms with E-state index in [4.69, 9.17) is 14.2 Å². The molecule has 0 spiro atoms. The molecule has 0 radical (unpaired) electrons. The van der Waals surface area contributed by atoms with Crippen molar-refractivity contribution < 1.29 is 28.6 Å². The van der Waals surface area contributed by atoms with E-state index < -0.39 is 6.10 Å². The van der Waals surface area contributed by atoms with Gasteiger partial charge in [0.1, 0.15) is 13.2 Å². The third-order valence-electron chi connectivity index (χ3n) is 15.0. The van der Waals surface area contributed by atoms with Gasteiger partial charge in [-0.1, -0.05) is 331 Å². The van der Waals surface area contributed by atoms with Gasteiger partial charge in [0.2, 0.25) is 0 Å². The molecule has 0 heterocycles. The van der Waals surface area contributed by atoms with Gasteiger partial charge in [0.25, 0.3) is 0 Å². The second-order valence-electron chi connectivity index (χ2n) is 22.7. The summed E-state index contributed by atoms with van der Waals surface area (Å²) in [4.78, 5) is 38.3. The summed E-state index contributed by atoms with van der Waals surface area (Å²) in [5.74, 6) is -0.854. The van der Waals surface area contributed by atoms with Crippen LogP contribution < -0.4 is 0 Å². The Bertz CT molecular complexity index is 1440. The molecule has 1 unspecified atom stereocenters. The molecule has 0 N–H and O–H groups in total. The van der Waals surface area contributed by atoms with Crippen molar-refractivity contribution in [2.24, 2.45) is 0 Å². The molecule has 0 aliphatic heterocycles. The fraction of sp³-hybridized carbons (Fsp3) is 0.792. The zero-order valence-electron chi connectivity index (χ0n) is 51.9. The molecule has 1 atom stereocenters. The van der Waals surface area contributed by atoms with E-state index >= 15 is 0 Å². The van der Waals surface area contributed by atoms with Gasteiger partial charge in [0, 0.05) is 19.3 Å². The van der Waals surface area contributed by atoms with Gasteiger partial charge in [-0.15, -0.1) is 0 Å². The molecular weight excluding hydrogens is 961 g/mol. The van der Waals surface area contributed by atoms with Gasteiger partial charge in [0.15, 0.2) is 6.10 Å². The maximum Gasteiger partial charge on any atom is 0.306 e. The predicted molar refractivity (Wildman–Crippen MR) is 339 cm³/mol. The van der Waals surface area contributed by atoms with Crippen molar-refractivity contribution in [3.63, 3.8) is 0 Å². The van der Waals surface area contributed by atoms with Gasteiger partial charge >= 0.3 is 17.9 Å². The van der Waals surface area contributed by atoms with Crippen LogP contribution in [0.4, 0.5) is 0 Å². The zero-order valence-corrected chi connectivity index (χ0v) is 51.9. The second-order valence-corrected chi connectivity index (χ2v) is 22.7. The molecule has 0 aromatic rings. The lowest BCUT2D eigenvalue weighted by molar-refractivity contribution is -0.167. The Kier molecular flexibility index (Phi) is 63.7. The summed E-state index contributed by atoms with van der Waals surface area (Å²) in [5.41, 5.74) is 0. The largest absolute Gasteiger partial charge is 0.462 e. The Morgan fingerprint density at radius 3 is 0.782 bits per heavy atom. The van der Waals surface area contributed by atoms with Gasteiger partial charge in [0.05, 0.1) is 0 Å². The third kappa shape index (κ3) is 63.7. The lowest BCUT2D eigenvalue weighted by Gasteiger charge is -2.18. The standard InChI is InChI=1S/C72H128O6/c1-4-7-10-13-16-19-22-25-27-29-31-32-33-34-35-36-37-38-39-40-42-43-45-47-50-53-56-59-62-65-71(74)77-68-69(67-76-70(73)64-61-58-55-52-49-24-21-18-15-12-9-6-3)78-72(75)66-63-60-57-54-51-48-46-44-41-30-28-26-23-20-17-14-11-8-5-2/h7,10,16,19,25,27,31-32,34-35,37-38,69H,4-6,8-9,11-15,17-18,20-24,26,28-30,33,36,39-68H2,1-3H3/b10-7-,19-16-,27-25-,32-31-,35-34-,38-37-. The van der Waals surface area contributed by atoms with Crippen molar-refractivity contribution in [3.8, 4) is 0 Å². The fourth-order valence-corrected chi connectivity index (χ4v) is 9.92. The number of unbranched alkanes of at least 4 members (excludes halogenated alkanes) is 39. The molecule has 0 saturated carbocycles. The molecule has 0 bridgehead atoms. The van der Waals surface area contributed by atoms with E-state index in [0.29, 0.717) is 19.3 Å². The summed E-state index contributed by atoms with van der Waals surface area (Å²) in [6.45, 7) is 6.57. The van der Waals surface area contributed by atoms with Crippen LogP contribution in [0.5, 0.6) is 0 Å². The topological polar surface area (TPSA) is 78.9 Å².